The van der Waals surface area contributed by atoms with Crippen LogP contribution in [0.3, 0.4) is 0 Å². The maximum atomic E-state index is 12.2. The molecule has 0 bridgehead atoms. The molecule has 1 fully saturated rings. The lowest BCUT2D eigenvalue weighted by Crippen LogP contribution is -2.38. The highest BCUT2D eigenvalue weighted by Gasteiger charge is 2.20. The molecule has 27 heavy (non-hydrogen) atoms. The zero-order chi connectivity index (χ0) is 19.1. The number of aromatic nitrogens is 1. The van der Waals surface area contributed by atoms with E-state index in [9.17, 15) is 4.79 Å². The molecule has 2 aromatic rings. The highest BCUT2D eigenvalue weighted by molar-refractivity contribution is 7.09. The number of amides is 1. The molecule has 1 aliphatic rings. The Morgan fingerprint density at radius 1 is 1.26 bits per heavy atom. The summed E-state index contributed by atoms with van der Waals surface area (Å²) < 4.78 is 10.3. The van der Waals surface area contributed by atoms with E-state index in [0.717, 1.165) is 43.2 Å². The number of methoxy groups -OCH3 is 2. The van der Waals surface area contributed by atoms with E-state index >= 15 is 0 Å². The van der Waals surface area contributed by atoms with Crippen molar-refractivity contribution >= 4 is 17.2 Å². The third-order valence-corrected chi connectivity index (χ3v) is 5.70. The van der Waals surface area contributed by atoms with Gasteiger partial charge in [0, 0.05) is 25.6 Å². The van der Waals surface area contributed by atoms with Crippen molar-refractivity contribution in [1.29, 1.82) is 0 Å². The first-order valence-corrected chi connectivity index (χ1v) is 10.1. The van der Waals surface area contributed by atoms with Crippen LogP contribution in [0.4, 0.5) is 0 Å². The first-order chi connectivity index (χ1) is 13.2. The van der Waals surface area contributed by atoms with Gasteiger partial charge in [0.15, 0.2) is 0 Å². The smallest absolute Gasteiger partial charge is 0.270 e. The summed E-state index contributed by atoms with van der Waals surface area (Å²) in [4.78, 5) is 19.0. The predicted octanol–water partition coefficient (Wildman–Crippen LogP) is 2.94. The molecule has 1 aromatic carbocycles. The molecule has 0 saturated carbocycles. The Morgan fingerprint density at radius 2 is 2.00 bits per heavy atom. The minimum Gasteiger partial charge on any atom is -0.497 e. The van der Waals surface area contributed by atoms with Crippen LogP contribution in [0.1, 0.15) is 33.9 Å². The predicted molar refractivity (Wildman–Crippen MR) is 106 cm³/mol. The number of carbonyl (C=O) groups is 1. The lowest BCUT2D eigenvalue weighted by molar-refractivity contribution is 0.0930. The summed E-state index contributed by atoms with van der Waals surface area (Å²) in [6, 6.07) is 8.26. The van der Waals surface area contributed by atoms with Crippen LogP contribution in [-0.4, -0.2) is 49.6 Å². The van der Waals surface area contributed by atoms with Crippen LogP contribution in [0.25, 0.3) is 0 Å². The third-order valence-electron chi connectivity index (χ3n) is 4.88. The quantitative estimate of drug-likeness (QED) is 0.752. The number of carbonyl (C=O) groups excluding carboxylic acids is 1. The van der Waals surface area contributed by atoms with Gasteiger partial charge in [-0.2, -0.15) is 0 Å². The van der Waals surface area contributed by atoms with Crippen molar-refractivity contribution < 1.29 is 14.3 Å². The number of piperidine rings is 1. The molecule has 0 aliphatic carbocycles. The SMILES string of the molecule is COCc1nc(C(=O)NCC2CCN(Cc3ccc(OC)cc3)CC2)cs1. The van der Waals surface area contributed by atoms with Gasteiger partial charge in [0.05, 0.1) is 13.7 Å². The zero-order valence-electron chi connectivity index (χ0n) is 15.9. The Balaban J connectivity index is 1.39. The van der Waals surface area contributed by atoms with Gasteiger partial charge in [-0.25, -0.2) is 4.98 Å². The number of ether oxygens (including phenoxy) is 2. The van der Waals surface area contributed by atoms with Crippen molar-refractivity contribution in [2.75, 3.05) is 33.9 Å². The molecule has 1 amide bonds. The zero-order valence-corrected chi connectivity index (χ0v) is 16.8. The van der Waals surface area contributed by atoms with Gasteiger partial charge in [-0.1, -0.05) is 12.1 Å². The standard InChI is InChI=1S/C20H27N3O3S/c1-25-13-19-22-18(14-27-19)20(24)21-11-15-7-9-23(10-8-15)12-16-3-5-17(26-2)6-4-16/h3-6,14-15H,7-13H2,1-2H3,(H,21,24). The van der Waals surface area contributed by atoms with Gasteiger partial charge in [0.1, 0.15) is 16.5 Å². The van der Waals surface area contributed by atoms with E-state index in [4.69, 9.17) is 9.47 Å². The lowest BCUT2D eigenvalue weighted by atomic mass is 9.96. The molecule has 0 radical (unpaired) electrons. The second-order valence-corrected chi connectivity index (χ2v) is 7.78. The fourth-order valence-electron chi connectivity index (χ4n) is 3.27. The molecule has 1 saturated heterocycles. The van der Waals surface area contributed by atoms with Crippen LogP contribution >= 0.6 is 11.3 Å². The highest BCUT2D eigenvalue weighted by Crippen LogP contribution is 2.20. The summed E-state index contributed by atoms with van der Waals surface area (Å²) in [6.07, 6.45) is 2.20. The summed E-state index contributed by atoms with van der Waals surface area (Å²) in [5.41, 5.74) is 1.79. The third kappa shape index (κ3) is 5.76. The Morgan fingerprint density at radius 3 is 2.67 bits per heavy atom. The van der Waals surface area contributed by atoms with E-state index in [1.165, 1.54) is 16.9 Å². The molecule has 2 heterocycles. The van der Waals surface area contributed by atoms with Crippen LogP contribution in [0.15, 0.2) is 29.6 Å². The topological polar surface area (TPSA) is 63.7 Å². The number of likely N-dealkylation sites (tertiary alicyclic amines) is 1. The molecule has 6 nitrogen and oxygen atoms in total. The molecule has 3 rings (SSSR count). The number of hydrogen-bond donors (Lipinski definition) is 1. The number of nitrogens with one attached hydrogen (secondary N) is 1. The Labute approximate surface area is 164 Å². The van der Waals surface area contributed by atoms with Gasteiger partial charge in [0.25, 0.3) is 5.91 Å². The highest BCUT2D eigenvalue weighted by atomic mass is 32.1. The first-order valence-electron chi connectivity index (χ1n) is 9.24. The van der Waals surface area contributed by atoms with Gasteiger partial charge in [-0.05, 0) is 49.5 Å². The molecule has 1 N–H and O–H groups in total. The van der Waals surface area contributed by atoms with Crippen LogP contribution in [0, 0.1) is 5.92 Å². The summed E-state index contributed by atoms with van der Waals surface area (Å²) in [5.74, 6) is 1.33. The van der Waals surface area contributed by atoms with E-state index in [1.54, 1.807) is 19.6 Å². The number of thiazole rings is 1. The maximum absolute atomic E-state index is 12.2. The molecular formula is C20H27N3O3S. The largest absolute Gasteiger partial charge is 0.497 e. The van der Waals surface area contributed by atoms with Crippen LogP contribution in [0.2, 0.25) is 0 Å². The molecular weight excluding hydrogens is 362 g/mol. The molecule has 1 aromatic heterocycles. The van der Waals surface area contributed by atoms with Crippen molar-refractivity contribution in [3.05, 3.63) is 45.9 Å². The lowest BCUT2D eigenvalue weighted by Gasteiger charge is -2.32. The van der Waals surface area contributed by atoms with Crippen molar-refractivity contribution in [2.45, 2.75) is 26.0 Å². The number of hydrogen-bond acceptors (Lipinski definition) is 6. The van der Waals surface area contributed by atoms with Crippen LogP contribution in [-0.2, 0) is 17.9 Å². The fourth-order valence-corrected chi connectivity index (χ4v) is 4.01. The minimum atomic E-state index is -0.0886. The van der Waals surface area contributed by atoms with E-state index in [0.29, 0.717) is 24.8 Å². The van der Waals surface area contributed by atoms with Gasteiger partial charge in [-0.15, -0.1) is 11.3 Å². The molecule has 0 unspecified atom stereocenters. The van der Waals surface area contributed by atoms with E-state index in [-0.39, 0.29) is 5.91 Å². The molecule has 0 atom stereocenters. The summed E-state index contributed by atoms with van der Waals surface area (Å²) in [7, 11) is 3.31. The molecule has 146 valence electrons. The summed E-state index contributed by atoms with van der Waals surface area (Å²) in [5, 5.41) is 5.65. The molecule has 0 spiro atoms. The normalized spacial score (nSPS) is 15.6. The fraction of sp³-hybridized carbons (Fsp3) is 0.500. The average molecular weight is 390 g/mol. The minimum absolute atomic E-state index is 0.0886. The van der Waals surface area contributed by atoms with Gasteiger partial charge >= 0.3 is 0 Å². The monoisotopic (exact) mass is 389 g/mol. The van der Waals surface area contributed by atoms with Gasteiger partial charge < -0.3 is 14.8 Å². The van der Waals surface area contributed by atoms with Gasteiger partial charge in [0.2, 0.25) is 0 Å². The molecule has 7 heteroatoms. The van der Waals surface area contributed by atoms with Crippen molar-refractivity contribution in [3.63, 3.8) is 0 Å². The van der Waals surface area contributed by atoms with Gasteiger partial charge in [-0.3, -0.25) is 9.69 Å². The number of nitrogens with zero attached hydrogens (tertiary/aromatic N) is 2. The molecule has 1 aliphatic heterocycles. The van der Waals surface area contributed by atoms with E-state index in [1.807, 2.05) is 12.1 Å². The van der Waals surface area contributed by atoms with Crippen molar-refractivity contribution in [2.24, 2.45) is 5.92 Å². The van der Waals surface area contributed by atoms with Crippen LogP contribution in [0.5, 0.6) is 5.75 Å². The summed E-state index contributed by atoms with van der Waals surface area (Å²) in [6.45, 7) is 4.24. The van der Waals surface area contributed by atoms with Crippen molar-refractivity contribution in [3.8, 4) is 5.75 Å². The number of benzene rings is 1. The number of rotatable bonds is 8. The van der Waals surface area contributed by atoms with E-state index < -0.39 is 0 Å². The van der Waals surface area contributed by atoms with Crippen LogP contribution < -0.4 is 10.1 Å². The average Bonchev–Trinajstić information content (AvgIpc) is 3.17. The second kappa shape index (κ2) is 9.82. The van der Waals surface area contributed by atoms with Crippen molar-refractivity contribution in [1.82, 2.24) is 15.2 Å². The first kappa shape index (κ1) is 19.8. The Hall–Kier alpha value is -1.96. The Kier molecular flexibility index (Phi) is 7.20. The maximum Gasteiger partial charge on any atom is 0.270 e. The second-order valence-electron chi connectivity index (χ2n) is 6.84. The summed E-state index contributed by atoms with van der Waals surface area (Å²) >= 11 is 1.46. The van der Waals surface area contributed by atoms with E-state index in [2.05, 4.69) is 27.3 Å². The Bertz CT molecular complexity index is 724.